The minimum Gasteiger partial charge on any atom is -0.484 e. The maximum atomic E-state index is 13.5. The number of halogens is 6. The molecule has 0 atom stereocenters. The number of hydrogen-bond acceptors (Lipinski definition) is 2. The van der Waals surface area contributed by atoms with Gasteiger partial charge in [0, 0.05) is 0 Å². The molecule has 0 spiro atoms. The Hall–Kier alpha value is -1.44. The summed E-state index contributed by atoms with van der Waals surface area (Å²) < 4.78 is 79.8. The number of nitrogens with one attached hydrogen (secondary N) is 1. The van der Waals surface area contributed by atoms with Gasteiger partial charge < -0.3 is 10.1 Å². The summed E-state index contributed by atoms with van der Waals surface area (Å²) in [5.74, 6) is -6.47. The Kier molecular flexibility index (Phi) is 4.89. The largest absolute Gasteiger partial charge is 0.484 e. The standard InChI is InChI=1S/C14H15F6NO/c15-11-2-1-10(9-3-5-21-6-4-9)7-12(11)22-8-13(16,17)14(18,19)20/h1-2,7,9,21H,3-6,8H2. The average Bonchev–Trinajstić information content (AvgIpc) is 2.46. The van der Waals surface area contributed by atoms with E-state index in [9.17, 15) is 26.3 Å². The van der Waals surface area contributed by atoms with Gasteiger partial charge in [-0.2, -0.15) is 22.0 Å². The molecule has 0 unspecified atom stereocenters. The molecular formula is C14H15F6NO. The van der Waals surface area contributed by atoms with Gasteiger partial charge in [-0.3, -0.25) is 0 Å². The highest BCUT2D eigenvalue weighted by Crippen LogP contribution is 2.36. The van der Waals surface area contributed by atoms with E-state index in [1.807, 2.05) is 0 Å². The highest BCUT2D eigenvalue weighted by molar-refractivity contribution is 5.33. The Bertz CT molecular complexity index is 511. The minimum absolute atomic E-state index is 0.104. The predicted octanol–water partition coefficient (Wildman–Crippen LogP) is 3.87. The molecule has 1 saturated heterocycles. The van der Waals surface area contributed by atoms with Crippen molar-refractivity contribution in [3.8, 4) is 5.75 Å². The van der Waals surface area contributed by atoms with Crippen LogP contribution in [0.15, 0.2) is 18.2 Å². The molecule has 0 saturated carbocycles. The van der Waals surface area contributed by atoms with Gasteiger partial charge in [0.05, 0.1) is 0 Å². The fraction of sp³-hybridized carbons (Fsp3) is 0.571. The van der Waals surface area contributed by atoms with Gasteiger partial charge in [0.15, 0.2) is 18.2 Å². The van der Waals surface area contributed by atoms with E-state index in [0.29, 0.717) is 5.56 Å². The molecule has 1 N–H and O–H groups in total. The lowest BCUT2D eigenvalue weighted by Gasteiger charge is -2.24. The molecule has 0 amide bonds. The predicted molar refractivity (Wildman–Crippen MR) is 67.7 cm³/mol. The maximum absolute atomic E-state index is 13.5. The van der Waals surface area contributed by atoms with Crippen LogP contribution >= 0.6 is 0 Å². The number of ether oxygens (including phenoxy) is 1. The second kappa shape index (κ2) is 6.36. The first-order valence-corrected chi connectivity index (χ1v) is 6.78. The summed E-state index contributed by atoms with van der Waals surface area (Å²) in [5, 5.41) is 3.14. The Morgan fingerprint density at radius 3 is 2.32 bits per heavy atom. The van der Waals surface area contributed by atoms with Crippen molar-refractivity contribution in [1.29, 1.82) is 0 Å². The van der Waals surface area contributed by atoms with Gasteiger partial charge in [0.25, 0.3) is 0 Å². The van der Waals surface area contributed by atoms with Gasteiger partial charge in [0.2, 0.25) is 0 Å². The summed E-state index contributed by atoms with van der Waals surface area (Å²) in [6, 6.07) is 3.73. The smallest absolute Gasteiger partial charge is 0.456 e. The lowest BCUT2D eigenvalue weighted by atomic mass is 9.90. The number of piperidine rings is 1. The normalized spacial score (nSPS) is 17.5. The van der Waals surface area contributed by atoms with Crippen molar-refractivity contribution in [2.45, 2.75) is 30.9 Å². The van der Waals surface area contributed by atoms with Crippen molar-refractivity contribution in [2.24, 2.45) is 0 Å². The van der Waals surface area contributed by atoms with Gasteiger partial charge >= 0.3 is 12.1 Å². The highest BCUT2D eigenvalue weighted by atomic mass is 19.4. The van der Waals surface area contributed by atoms with Crippen molar-refractivity contribution in [3.05, 3.63) is 29.6 Å². The summed E-state index contributed by atoms with van der Waals surface area (Å²) in [5.41, 5.74) is 0.674. The number of alkyl halides is 5. The average molecular weight is 327 g/mol. The molecule has 2 nitrogen and oxygen atoms in total. The van der Waals surface area contributed by atoms with Gasteiger partial charge in [-0.05, 0) is 49.5 Å². The first-order valence-electron chi connectivity index (χ1n) is 6.78. The van der Waals surface area contributed by atoms with Crippen LogP contribution in [0.2, 0.25) is 0 Å². The van der Waals surface area contributed by atoms with Crippen LogP contribution in [0, 0.1) is 5.82 Å². The van der Waals surface area contributed by atoms with Crippen LogP contribution in [0.4, 0.5) is 26.3 Å². The van der Waals surface area contributed by atoms with Crippen LogP contribution in [-0.2, 0) is 0 Å². The minimum atomic E-state index is -5.73. The zero-order valence-electron chi connectivity index (χ0n) is 11.5. The summed E-state index contributed by atoms with van der Waals surface area (Å²) in [6.07, 6.45) is -4.16. The van der Waals surface area contributed by atoms with Gasteiger partial charge in [-0.15, -0.1) is 0 Å². The Balaban J connectivity index is 2.10. The van der Waals surface area contributed by atoms with E-state index in [0.717, 1.165) is 32.0 Å². The third kappa shape index (κ3) is 3.85. The molecule has 2 rings (SSSR count). The van der Waals surface area contributed by atoms with Crippen molar-refractivity contribution in [1.82, 2.24) is 5.32 Å². The first-order chi connectivity index (χ1) is 10.2. The molecule has 0 aromatic heterocycles. The Morgan fingerprint density at radius 1 is 1.09 bits per heavy atom. The monoisotopic (exact) mass is 327 g/mol. The van der Waals surface area contributed by atoms with Crippen LogP contribution in [0.1, 0.15) is 24.3 Å². The van der Waals surface area contributed by atoms with Crippen molar-refractivity contribution in [3.63, 3.8) is 0 Å². The zero-order valence-corrected chi connectivity index (χ0v) is 11.5. The molecule has 22 heavy (non-hydrogen) atoms. The van der Waals surface area contributed by atoms with E-state index in [1.54, 1.807) is 0 Å². The quantitative estimate of drug-likeness (QED) is 0.848. The fourth-order valence-corrected chi connectivity index (χ4v) is 2.29. The van der Waals surface area contributed by atoms with Crippen LogP contribution in [0.5, 0.6) is 5.75 Å². The lowest BCUT2D eigenvalue weighted by Crippen LogP contribution is -2.41. The van der Waals surface area contributed by atoms with Crippen LogP contribution < -0.4 is 10.1 Å². The molecule has 0 aliphatic carbocycles. The second-order valence-corrected chi connectivity index (χ2v) is 5.21. The fourth-order valence-electron chi connectivity index (χ4n) is 2.29. The number of benzene rings is 1. The van der Waals surface area contributed by atoms with Crippen LogP contribution in [0.25, 0.3) is 0 Å². The lowest BCUT2D eigenvalue weighted by molar-refractivity contribution is -0.290. The Morgan fingerprint density at radius 2 is 1.73 bits per heavy atom. The first kappa shape index (κ1) is 16.9. The topological polar surface area (TPSA) is 21.3 Å². The SMILES string of the molecule is Fc1ccc(C2CCNCC2)cc1OCC(F)(F)C(F)(F)F. The van der Waals surface area contributed by atoms with E-state index < -0.39 is 30.3 Å². The van der Waals surface area contributed by atoms with Gasteiger partial charge in [0.1, 0.15) is 0 Å². The van der Waals surface area contributed by atoms with Crippen LogP contribution in [-0.4, -0.2) is 31.8 Å². The van der Waals surface area contributed by atoms with Gasteiger partial charge in [-0.1, -0.05) is 6.07 Å². The third-order valence-electron chi connectivity index (χ3n) is 3.59. The molecule has 1 aromatic rings. The molecular weight excluding hydrogens is 312 g/mol. The van der Waals surface area contributed by atoms with E-state index in [-0.39, 0.29) is 5.92 Å². The Labute approximate surface area is 123 Å². The van der Waals surface area contributed by atoms with E-state index in [1.165, 1.54) is 12.1 Å². The summed E-state index contributed by atoms with van der Waals surface area (Å²) in [4.78, 5) is 0. The van der Waals surface area contributed by atoms with Crippen molar-refractivity contribution >= 4 is 0 Å². The van der Waals surface area contributed by atoms with E-state index >= 15 is 0 Å². The molecule has 1 aromatic carbocycles. The van der Waals surface area contributed by atoms with E-state index in [4.69, 9.17) is 0 Å². The maximum Gasteiger partial charge on any atom is 0.456 e. The van der Waals surface area contributed by atoms with Crippen molar-refractivity contribution in [2.75, 3.05) is 19.7 Å². The highest BCUT2D eigenvalue weighted by Gasteiger charge is 2.58. The molecule has 0 radical (unpaired) electrons. The number of hydrogen-bond donors (Lipinski definition) is 1. The molecule has 1 heterocycles. The number of rotatable bonds is 4. The summed E-state index contributed by atoms with van der Waals surface area (Å²) >= 11 is 0. The summed E-state index contributed by atoms with van der Waals surface area (Å²) in [6.45, 7) is -0.405. The molecule has 1 aliphatic rings. The zero-order chi connectivity index (χ0) is 16.4. The van der Waals surface area contributed by atoms with Crippen molar-refractivity contribution < 1.29 is 31.1 Å². The van der Waals surface area contributed by atoms with Gasteiger partial charge in [-0.25, -0.2) is 4.39 Å². The molecule has 124 valence electrons. The molecule has 0 bridgehead atoms. The molecule has 1 aliphatic heterocycles. The third-order valence-corrected chi connectivity index (χ3v) is 3.59. The second-order valence-electron chi connectivity index (χ2n) is 5.21. The molecule has 1 fully saturated rings. The summed E-state index contributed by atoms with van der Waals surface area (Å²) in [7, 11) is 0. The van der Waals surface area contributed by atoms with E-state index in [2.05, 4.69) is 10.1 Å². The molecule has 8 heteroatoms. The van der Waals surface area contributed by atoms with Crippen LogP contribution in [0.3, 0.4) is 0 Å².